The van der Waals surface area contributed by atoms with Gasteiger partial charge in [-0.15, -0.1) is 0 Å². The minimum absolute atomic E-state index is 0.0284. The molecule has 0 radical (unpaired) electrons. The lowest BCUT2D eigenvalue weighted by Gasteiger charge is -2.31. The van der Waals surface area contributed by atoms with Crippen molar-refractivity contribution in [3.63, 3.8) is 0 Å². The highest BCUT2D eigenvalue weighted by molar-refractivity contribution is 5.08. The summed E-state index contributed by atoms with van der Waals surface area (Å²) in [6.45, 7) is 12.2. The van der Waals surface area contributed by atoms with Gasteiger partial charge in [0.25, 0.3) is 0 Å². The third-order valence-corrected chi connectivity index (χ3v) is 6.07. The van der Waals surface area contributed by atoms with Crippen LogP contribution < -0.4 is 5.32 Å². The quantitative estimate of drug-likeness (QED) is 0.165. The van der Waals surface area contributed by atoms with Gasteiger partial charge in [0.2, 0.25) is 0 Å². The van der Waals surface area contributed by atoms with Crippen LogP contribution in [0.25, 0.3) is 0 Å². The van der Waals surface area contributed by atoms with Gasteiger partial charge in [0.05, 0.1) is 38.1 Å². The van der Waals surface area contributed by atoms with Crippen molar-refractivity contribution in [1.82, 2.24) is 5.32 Å². The Kier molecular flexibility index (Phi) is 14.1. The van der Waals surface area contributed by atoms with Gasteiger partial charge in [0, 0.05) is 12.5 Å². The van der Waals surface area contributed by atoms with Crippen LogP contribution in [0.3, 0.4) is 0 Å². The second kappa shape index (κ2) is 15.4. The fourth-order valence-corrected chi connectivity index (χ4v) is 4.38. The standard InChI is InChI=1S/C25H49NO5/c1-19(2)21(9-7-11-23(18-28)31-25(3,4)5)16-20-8-6-10-22(17-20)24(29)26-12-14-30-15-13-27/h8,19,21-24,26-29H,6-7,9-18H2,1-5H3/t21-,22+,23-,24-/m0/s1. The van der Waals surface area contributed by atoms with Crippen LogP contribution in [0.2, 0.25) is 0 Å². The molecule has 4 N–H and O–H groups in total. The van der Waals surface area contributed by atoms with Crippen LogP contribution in [0, 0.1) is 17.8 Å². The lowest BCUT2D eigenvalue weighted by Crippen LogP contribution is -2.39. The van der Waals surface area contributed by atoms with Crippen molar-refractivity contribution in [3.8, 4) is 0 Å². The Labute approximate surface area is 190 Å². The number of hydrogen-bond acceptors (Lipinski definition) is 6. The van der Waals surface area contributed by atoms with E-state index in [2.05, 4.69) is 25.2 Å². The lowest BCUT2D eigenvalue weighted by molar-refractivity contribution is -0.0839. The predicted molar refractivity (Wildman–Crippen MR) is 126 cm³/mol. The largest absolute Gasteiger partial charge is 0.394 e. The minimum Gasteiger partial charge on any atom is -0.394 e. The zero-order valence-electron chi connectivity index (χ0n) is 20.6. The second-order valence-electron chi connectivity index (χ2n) is 10.3. The van der Waals surface area contributed by atoms with E-state index in [-0.39, 0.29) is 30.8 Å². The van der Waals surface area contributed by atoms with Crippen LogP contribution >= 0.6 is 0 Å². The van der Waals surface area contributed by atoms with Crippen LogP contribution in [-0.2, 0) is 9.47 Å². The summed E-state index contributed by atoms with van der Waals surface area (Å²) in [7, 11) is 0. The van der Waals surface area contributed by atoms with Gasteiger partial charge in [-0.3, -0.25) is 5.32 Å². The second-order valence-corrected chi connectivity index (χ2v) is 10.3. The summed E-state index contributed by atoms with van der Waals surface area (Å²) in [4.78, 5) is 0. The van der Waals surface area contributed by atoms with E-state index in [4.69, 9.17) is 14.6 Å². The van der Waals surface area contributed by atoms with Crippen molar-refractivity contribution in [3.05, 3.63) is 11.6 Å². The molecule has 6 heteroatoms. The summed E-state index contributed by atoms with van der Waals surface area (Å²) in [5.74, 6) is 1.45. The zero-order chi connectivity index (χ0) is 23.3. The molecule has 1 aliphatic rings. The molecule has 4 atom stereocenters. The molecule has 1 rings (SSSR count). The number of nitrogens with one attached hydrogen (secondary N) is 1. The Morgan fingerprint density at radius 1 is 1.16 bits per heavy atom. The minimum atomic E-state index is -0.515. The summed E-state index contributed by atoms with van der Waals surface area (Å²) >= 11 is 0. The van der Waals surface area contributed by atoms with E-state index in [1.165, 1.54) is 5.57 Å². The van der Waals surface area contributed by atoms with Crippen molar-refractivity contribution in [2.24, 2.45) is 17.8 Å². The van der Waals surface area contributed by atoms with Gasteiger partial charge < -0.3 is 24.8 Å². The molecule has 0 spiro atoms. The molecule has 1 aliphatic carbocycles. The molecule has 0 bridgehead atoms. The van der Waals surface area contributed by atoms with Crippen LogP contribution in [0.15, 0.2) is 11.6 Å². The SMILES string of the molecule is CC(C)[C@@H](CCC[C@@H](CO)OC(C)(C)C)CC1=CCC[C@@H]([C@H](O)NCCOCCO)C1. The van der Waals surface area contributed by atoms with Crippen molar-refractivity contribution in [1.29, 1.82) is 0 Å². The van der Waals surface area contributed by atoms with Gasteiger partial charge in [0.1, 0.15) is 6.23 Å². The van der Waals surface area contributed by atoms with E-state index in [1.54, 1.807) is 0 Å². The molecule has 31 heavy (non-hydrogen) atoms. The Bertz CT molecular complexity index is 489. The summed E-state index contributed by atoms with van der Waals surface area (Å²) in [5, 5.41) is 32.1. The highest BCUT2D eigenvalue weighted by Gasteiger charge is 2.25. The molecule has 0 aliphatic heterocycles. The van der Waals surface area contributed by atoms with Gasteiger partial charge in [-0.2, -0.15) is 0 Å². The van der Waals surface area contributed by atoms with Crippen LogP contribution in [0.1, 0.15) is 79.6 Å². The van der Waals surface area contributed by atoms with Gasteiger partial charge in [-0.25, -0.2) is 0 Å². The topological polar surface area (TPSA) is 91.2 Å². The van der Waals surface area contributed by atoms with E-state index in [9.17, 15) is 10.2 Å². The highest BCUT2D eigenvalue weighted by Crippen LogP contribution is 2.34. The molecule has 0 fully saturated rings. The first-order chi connectivity index (χ1) is 14.7. The first-order valence-electron chi connectivity index (χ1n) is 12.2. The molecule has 0 unspecified atom stereocenters. The molecule has 184 valence electrons. The highest BCUT2D eigenvalue weighted by atomic mass is 16.5. The maximum Gasteiger partial charge on any atom is 0.108 e. The smallest absolute Gasteiger partial charge is 0.108 e. The van der Waals surface area contributed by atoms with Crippen LogP contribution in [0.5, 0.6) is 0 Å². The Morgan fingerprint density at radius 2 is 1.90 bits per heavy atom. The van der Waals surface area contributed by atoms with E-state index in [0.717, 1.165) is 44.9 Å². The maximum atomic E-state index is 10.5. The van der Waals surface area contributed by atoms with Crippen molar-refractivity contribution >= 4 is 0 Å². The Morgan fingerprint density at radius 3 is 2.52 bits per heavy atom. The predicted octanol–water partition coefficient (Wildman–Crippen LogP) is 3.64. The Hall–Kier alpha value is -0.500. The van der Waals surface area contributed by atoms with Crippen molar-refractivity contribution < 1.29 is 24.8 Å². The number of aliphatic hydroxyl groups is 3. The number of ether oxygens (including phenoxy) is 2. The molecule has 0 saturated heterocycles. The molecular formula is C25H49NO5. The van der Waals surface area contributed by atoms with Crippen molar-refractivity contribution in [2.45, 2.75) is 97.5 Å². The van der Waals surface area contributed by atoms with E-state index in [1.807, 2.05) is 20.8 Å². The fraction of sp³-hybridized carbons (Fsp3) is 0.920. The first-order valence-corrected chi connectivity index (χ1v) is 12.2. The summed E-state index contributed by atoms with van der Waals surface area (Å²) in [6, 6.07) is 0. The van der Waals surface area contributed by atoms with Gasteiger partial charge in [-0.05, 0) is 71.1 Å². The summed E-state index contributed by atoms with van der Waals surface area (Å²) in [6.07, 6.45) is 8.91. The monoisotopic (exact) mass is 443 g/mol. The molecule has 0 aromatic heterocycles. The fourth-order valence-electron chi connectivity index (χ4n) is 4.38. The number of aliphatic hydroxyl groups excluding tert-OH is 3. The van der Waals surface area contributed by atoms with Crippen LogP contribution in [0.4, 0.5) is 0 Å². The number of rotatable bonds is 16. The van der Waals surface area contributed by atoms with Crippen LogP contribution in [-0.4, -0.2) is 66.2 Å². The summed E-state index contributed by atoms with van der Waals surface area (Å²) in [5.41, 5.74) is 1.24. The van der Waals surface area contributed by atoms with E-state index < -0.39 is 6.23 Å². The molecule has 0 aromatic rings. The molecule has 0 heterocycles. The molecule has 0 amide bonds. The van der Waals surface area contributed by atoms with E-state index >= 15 is 0 Å². The van der Waals surface area contributed by atoms with Crippen molar-refractivity contribution in [2.75, 3.05) is 33.0 Å². The average molecular weight is 444 g/mol. The average Bonchev–Trinajstić information content (AvgIpc) is 2.71. The Balaban J connectivity index is 2.44. The number of hydrogen-bond donors (Lipinski definition) is 4. The third-order valence-electron chi connectivity index (χ3n) is 6.07. The van der Waals surface area contributed by atoms with Gasteiger partial charge >= 0.3 is 0 Å². The molecule has 6 nitrogen and oxygen atoms in total. The van der Waals surface area contributed by atoms with E-state index in [0.29, 0.717) is 31.6 Å². The lowest BCUT2D eigenvalue weighted by atomic mass is 9.79. The van der Waals surface area contributed by atoms with Gasteiger partial charge in [-0.1, -0.05) is 31.9 Å². The third kappa shape index (κ3) is 13.0. The zero-order valence-corrected chi connectivity index (χ0v) is 20.6. The van der Waals surface area contributed by atoms with Gasteiger partial charge in [0.15, 0.2) is 0 Å². The number of allylic oxidation sites excluding steroid dienone is 2. The molecular weight excluding hydrogens is 394 g/mol. The normalized spacial score (nSPS) is 20.5. The molecule has 0 saturated carbocycles. The molecule has 0 aromatic carbocycles. The first kappa shape index (κ1) is 28.5. The summed E-state index contributed by atoms with van der Waals surface area (Å²) < 4.78 is 11.2. The maximum absolute atomic E-state index is 10.5.